The van der Waals surface area contributed by atoms with Crippen LogP contribution >= 0.6 is 0 Å². The van der Waals surface area contributed by atoms with E-state index in [9.17, 15) is 4.79 Å². The van der Waals surface area contributed by atoms with Gasteiger partial charge in [-0.25, -0.2) is 4.79 Å². The summed E-state index contributed by atoms with van der Waals surface area (Å²) in [4.78, 5) is 11.5. The fraction of sp³-hybridized carbons (Fsp3) is 0.333. The summed E-state index contributed by atoms with van der Waals surface area (Å²) in [5.74, 6) is -0.306. The molecule has 0 fully saturated rings. The Hall–Kier alpha value is -1.84. The molecule has 16 heavy (non-hydrogen) atoms. The van der Waals surface area contributed by atoms with Gasteiger partial charge >= 0.3 is 5.97 Å². The highest BCUT2D eigenvalue weighted by molar-refractivity contribution is 6.05. The molecule has 1 aliphatic rings. The summed E-state index contributed by atoms with van der Waals surface area (Å²) in [6.45, 7) is 2.15. The molecular formula is C12H13NO3. The normalized spacial score (nSPS) is 16.2. The number of ether oxygens (including phenoxy) is 1. The van der Waals surface area contributed by atoms with Gasteiger partial charge in [-0.3, -0.25) is 0 Å². The van der Waals surface area contributed by atoms with E-state index in [4.69, 9.17) is 9.94 Å². The molecule has 1 aliphatic carbocycles. The number of carbonyl (C=O) groups excluding carboxylic acids is 1. The van der Waals surface area contributed by atoms with Gasteiger partial charge in [0.2, 0.25) is 0 Å². The molecule has 1 aromatic rings. The number of rotatable bonds is 2. The lowest BCUT2D eigenvalue weighted by atomic mass is 10.1. The Kier molecular flexibility index (Phi) is 2.90. The second kappa shape index (κ2) is 4.35. The first-order chi connectivity index (χ1) is 7.76. The number of oxime groups is 1. The molecule has 4 nitrogen and oxygen atoms in total. The molecule has 0 amide bonds. The zero-order valence-corrected chi connectivity index (χ0v) is 9.06. The molecule has 0 radical (unpaired) electrons. The third kappa shape index (κ3) is 1.78. The van der Waals surface area contributed by atoms with E-state index in [2.05, 4.69) is 5.16 Å². The number of nitrogens with zero attached hydrogens (tertiary/aromatic N) is 1. The van der Waals surface area contributed by atoms with E-state index in [1.54, 1.807) is 13.0 Å². The van der Waals surface area contributed by atoms with Crippen molar-refractivity contribution in [2.24, 2.45) is 5.16 Å². The smallest absolute Gasteiger partial charge is 0.338 e. The Morgan fingerprint density at radius 1 is 1.50 bits per heavy atom. The van der Waals surface area contributed by atoms with Crippen LogP contribution in [0.1, 0.15) is 34.8 Å². The van der Waals surface area contributed by atoms with Crippen LogP contribution in [0.4, 0.5) is 0 Å². The standard InChI is InChI=1S/C12H13NO3/c1-2-16-12(14)9-3-5-10-8(7-9)4-6-11(10)13-15/h3,5,7,15H,2,4,6H2,1H3. The van der Waals surface area contributed by atoms with Gasteiger partial charge in [-0.05, 0) is 37.5 Å². The minimum Gasteiger partial charge on any atom is -0.462 e. The first kappa shape index (κ1) is 10.7. The topological polar surface area (TPSA) is 58.9 Å². The van der Waals surface area contributed by atoms with Crippen molar-refractivity contribution < 1.29 is 14.7 Å². The van der Waals surface area contributed by atoms with Crippen LogP contribution in [0.5, 0.6) is 0 Å². The van der Waals surface area contributed by atoms with E-state index >= 15 is 0 Å². The van der Waals surface area contributed by atoms with Crippen molar-refractivity contribution in [3.63, 3.8) is 0 Å². The molecule has 0 heterocycles. The molecule has 0 unspecified atom stereocenters. The quantitative estimate of drug-likeness (QED) is 0.470. The lowest BCUT2D eigenvalue weighted by molar-refractivity contribution is 0.0526. The van der Waals surface area contributed by atoms with E-state index in [0.29, 0.717) is 17.9 Å². The highest BCUT2D eigenvalue weighted by Gasteiger charge is 2.19. The molecule has 0 saturated heterocycles. The summed E-state index contributed by atoms with van der Waals surface area (Å²) < 4.78 is 4.92. The summed E-state index contributed by atoms with van der Waals surface area (Å²) in [5, 5.41) is 12.0. The van der Waals surface area contributed by atoms with Crippen LogP contribution < -0.4 is 0 Å². The van der Waals surface area contributed by atoms with E-state index in [-0.39, 0.29) is 5.97 Å². The molecule has 0 atom stereocenters. The van der Waals surface area contributed by atoms with Crippen LogP contribution in [0.15, 0.2) is 23.4 Å². The van der Waals surface area contributed by atoms with Crippen LogP contribution in [0.2, 0.25) is 0 Å². The first-order valence-corrected chi connectivity index (χ1v) is 5.27. The number of hydrogen-bond donors (Lipinski definition) is 1. The van der Waals surface area contributed by atoms with Crippen LogP contribution in [0, 0.1) is 0 Å². The first-order valence-electron chi connectivity index (χ1n) is 5.27. The maximum absolute atomic E-state index is 11.5. The largest absolute Gasteiger partial charge is 0.462 e. The van der Waals surface area contributed by atoms with Gasteiger partial charge in [0.15, 0.2) is 0 Å². The molecule has 0 spiro atoms. The van der Waals surface area contributed by atoms with Crippen LogP contribution in [0.25, 0.3) is 0 Å². The number of carbonyl (C=O) groups is 1. The Bertz CT molecular complexity index is 452. The van der Waals surface area contributed by atoms with E-state index < -0.39 is 0 Å². The van der Waals surface area contributed by atoms with Gasteiger partial charge in [-0.15, -0.1) is 0 Å². The van der Waals surface area contributed by atoms with Gasteiger partial charge < -0.3 is 9.94 Å². The molecule has 0 bridgehead atoms. The molecule has 0 saturated carbocycles. The van der Waals surface area contributed by atoms with Crippen molar-refractivity contribution in [3.05, 3.63) is 34.9 Å². The van der Waals surface area contributed by atoms with Gasteiger partial charge in [0.1, 0.15) is 0 Å². The van der Waals surface area contributed by atoms with Crippen molar-refractivity contribution in [1.29, 1.82) is 0 Å². The van der Waals surface area contributed by atoms with Crippen molar-refractivity contribution in [2.75, 3.05) is 6.61 Å². The minimum absolute atomic E-state index is 0.306. The number of benzene rings is 1. The van der Waals surface area contributed by atoms with Gasteiger partial charge in [0.25, 0.3) is 0 Å². The van der Waals surface area contributed by atoms with Crippen LogP contribution in [-0.4, -0.2) is 23.5 Å². The SMILES string of the molecule is CCOC(=O)c1ccc2c(c1)CCC2=NO. The highest BCUT2D eigenvalue weighted by Crippen LogP contribution is 2.23. The van der Waals surface area contributed by atoms with Gasteiger partial charge in [-0.1, -0.05) is 11.2 Å². The number of aryl methyl sites for hydroxylation is 1. The lowest BCUT2D eigenvalue weighted by Crippen LogP contribution is -2.05. The highest BCUT2D eigenvalue weighted by atomic mass is 16.5. The number of esters is 1. The molecule has 2 rings (SSSR count). The Morgan fingerprint density at radius 2 is 2.31 bits per heavy atom. The fourth-order valence-electron chi connectivity index (χ4n) is 1.92. The van der Waals surface area contributed by atoms with E-state index in [1.807, 2.05) is 12.1 Å². The summed E-state index contributed by atoms with van der Waals surface area (Å²) in [7, 11) is 0. The number of fused-ring (bicyclic) bond motifs is 1. The lowest BCUT2D eigenvalue weighted by Gasteiger charge is -2.04. The zero-order valence-electron chi connectivity index (χ0n) is 9.06. The Labute approximate surface area is 93.5 Å². The predicted octanol–water partition coefficient (Wildman–Crippen LogP) is 1.99. The van der Waals surface area contributed by atoms with Crippen molar-refractivity contribution in [3.8, 4) is 0 Å². The molecule has 0 aliphatic heterocycles. The molecule has 0 aromatic heterocycles. The minimum atomic E-state index is -0.306. The number of hydrogen-bond acceptors (Lipinski definition) is 4. The second-order valence-corrected chi connectivity index (χ2v) is 3.64. The van der Waals surface area contributed by atoms with Crippen molar-refractivity contribution >= 4 is 11.7 Å². The Morgan fingerprint density at radius 3 is 3.00 bits per heavy atom. The maximum atomic E-state index is 11.5. The fourth-order valence-corrected chi connectivity index (χ4v) is 1.92. The summed E-state index contributed by atoms with van der Waals surface area (Å²) in [6, 6.07) is 5.32. The summed E-state index contributed by atoms with van der Waals surface area (Å²) in [5.41, 5.74) is 3.21. The molecule has 4 heteroatoms. The molecular weight excluding hydrogens is 206 g/mol. The summed E-state index contributed by atoms with van der Waals surface area (Å²) in [6.07, 6.45) is 1.53. The third-order valence-electron chi connectivity index (χ3n) is 2.68. The van der Waals surface area contributed by atoms with Crippen LogP contribution in [0.3, 0.4) is 0 Å². The zero-order chi connectivity index (χ0) is 11.5. The average Bonchev–Trinajstić information content (AvgIpc) is 2.71. The molecule has 84 valence electrons. The predicted molar refractivity (Wildman–Crippen MR) is 59.0 cm³/mol. The summed E-state index contributed by atoms with van der Waals surface area (Å²) >= 11 is 0. The van der Waals surface area contributed by atoms with Crippen LogP contribution in [-0.2, 0) is 11.2 Å². The van der Waals surface area contributed by atoms with E-state index in [1.165, 1.54) is 0 Å². The third-order valence-corrected chi connectivity index (χ3v) is 2.68. The molecule has 1 N–H and O–H groups in total. The van der Waals surface area contributed by atoms with E-state index in [0.717, 1.165) is 24.0 Å². The monoisotopic (exact) mass is 219 g/mol. The van der Waals surface area contributed by atoms with Crippen molar-refractivity contribution in [1.82, 2.24) is 0 Å². The average molecular weight is 219 g/mol. The molecule has 1 aromatic carbocycles. The van der Waals surface area contributed by atoms with Gasteiger partial charge in [-0.2, -0.15) is 0 Å². The van der Waals surface area contributed by atoms with Gasteiger partial charge in [0, 0.05) is 5.56 Å². The van der Waals surface area contributed by atoms with Crippen molar-refractivity contribution in [2.45, 2.75) is 19.8 Å². The van der Waals surface area contributed by atoms with Gasteiger partial charge in [0.05, 0.1) is 17.9 Å². The second-order valence-electron chi connectivity index (χ2n) is 3.64. The Balaban J connectivity index is 2.31. The maximum Gasteiger partial charge on any atom is 0.338 e.